The van der Waals surface area contributed by atoms with Crippen LogP contribution in [0.15, 0.2) is 48.5 Å². The predicted octanol–water partition coefficient (Wildman–Crippen LogP) is 6.80. The van der Waals surface area contributed by atoms with E-state index in [9.17, 15) is 9.18 Å². The van der Waals surface area contributed by atoms with Gasteiger partial charge in [0.25, 0.3) is 0 Å². The van der Waals surface area contributed by atoms with E-state index in [1.54, 1.807) is 37.8 Å². The summed E-state index contributed by atoms with van der Waals surface area (Å²) in [5, 5.41) is 8.89. The van der Waals surface area contributed by atoms with Gasteiger partial charge in [-0.2, -0.15) is 12.0 Å². The van der Waals surface area contributed by atoms with Crippen molar-refractivity contribution in [1.82, 2.24) is 0 Å². The third kappa shape index (κ3) is 7.66. The number of aliphatic carboxylic acids is 1. The fraction of sp³-hybridized carbons (Fsp3) is 0.364. The molecular formula is C22H26ClFNO2Pt-2. The Kier molecular flexibility index (Phi) is 11.6. The summed E-state index contributed by atoms with van der Waals surface area (Å²) in [6.45, 7) is 5.43. The summed E-state index contributed by atoms with van der Waals surface area (Å²) in [7, 11) is 4.61. The van der Waals surface area contributed by atoms with Crippen molar-refractivity contribution in [1.29, 1.82) is 0 Å². The molecule has 6 heteroatoms. The van der Waals surface area contributed by atoms with Crippen molar-refractivity contribution >= 4 is 15.4 Å². The van der Waals surface area contributed by atoms with Gasteiger partial charge in [0, 0.05) is 5.56 Å². The van der Waals surface area contributed by atoms with E-state index < -0.39 is 17.7 Å². The zero-order valence-corrected chi connectivity index (χ0v) is 18.8. The van der Waals surface area contributed by atoms with Crippen molar-refractivity contribution in [2.24, 2.45) is 5.92 Å². The number of carbonyl (C=O) groups is 1. The molecule has 157 valence electrons. The van der Waals surface area contributed by atoms with Crippen LogP contribution in [0.25, 0.3) is 16.9 Å². The van der Waals surface area contributed by atoms with Crippen molar-refractivity contribution < 1.29 is 33.1 Å². The molecule has 0 spiro atoms. The van der Waals surface area contributed by atoms with Crippen LogP contribution in [0.4, 0.5) is 4.39 Å². The van der Waals surface area contributed by atoms with Gasteiger partial charge in [0.1, 0.15) is 5.82 Å². The van der Waals surface area contributed by atoms with Crippen LogP contribution >= 0.6 is 9.42 Å². The standard InChI is InChI=1S/C15H13FO2.C7H13N.ClH.Pt/c1-10(15(17)18)12-7-8-13(14(16)9-12)11-5-3-2-4-6-11;1-6-4-2-3-5-7(6)8;;/h2-10H,1H3,(H,17,18);6-8H,1-5H2;1H;/q;-2;;+1/p-1. The first-order valence-electron chi connectivity index (χ1n) is 9.14. The molecule has 2 aromatic carbocycles. The minimum atomic E-state index is -0.957. The molecule has 3 unspecified atom stereocenters. The Morgan fingerprint density at radius 3 is 2.29 bits per heavy atom. The maximum atomic E-state index is 14.0. The van der Waals surface area contributed by atoms with Crippen LogP contribution in [-0.2, 0) is 23.6 Å². The van der Waals surface area contributed by atoms with Crippen LogP contribution in [0.5, 0.6) is 0 Å². The number of nitrogens with one attached hydrogen (secondary N) is 1. The quantitative estimate of drug-likeness (QED) is 0.403. The molecule has 1 aliphatic rings. The first-order valence-corrected chi connectivity index (χ1v) is 12.0. The molecule has 0 aliphatic heterocycles. The van der Waals surface area contributed by atoms with Gasteiger partial charge in [-0.05, 0) is 24.1 Å². The summed E-state index contributed by atoms with van der Waals surface area (Å²) in [5.74, 6) is -1.64. The van der Waals surface area contributed by atoms with Crippen molar-refractivity contribution in [2.75, 3.05) is 0 Å². The third-order valence-electron chi connectivity index (χ3n) is 4.86. The Hall–Kier alpha value is -1.22. The van der Waals surface area contributed by atoms with Crippen molar-refractivity contribution in [3.63, 3.8) is 0 Å². The van der Waals surface area contributed by atoms with Crippen molar-refractivity contribution in [3.05, 3.63) is 72.6 Å². The number of hydrogen-bond donors (Lipinski definition) is 1. The van der Waals surface area contributed by atoms with E-state index in [0.717, 1.165) is 12.0 Å². The molecule has 28 heavy (non-hydrogen) atoms. The van der Waals surface area contributed by atoms with Crippen LogP contribution < -0.4 is 0 Å². The molecule has 2 N–H and O–H groups in total. The van der Waals surface area contributed by atoms with E-state index in [-0.39, 0.29) is 6.04 Å². The average molecular weight is 586 g/mol. The van der Waals surface area contributed by atoms with Crippen molar-refractivity contribution in [3.8, 4) is 11.1 Å². The van der Waals surface area contributed by atoms with Crippen LogP contribution in [0.2, 0.25) is 0 Å². The second kappa shape index (κ2) is 13.1. The average Bonchev–Trinajstić information content (AvgIpc) is 2.72. The van der Waals surface area contributed by atoms with Gasteiger partial charge >= 0.3 is 34.2 Å². The van der Waals surface area contributed by atoms with Crippen LogP contribution in [0.1, 0.15) is 44.1 Å². The Labute approximate surface area is 182 Å². The van der Waals surface area contributed by atoms with Gasteiger partial charge in [0.05, 0.1) is 5.92 Å². The molecule has 2 aromatic rings. The zero-order chi connectivity index (χ0) is 21.1. The number of hydrogen-bond acceptors (Lipinski definition) is 1. The van der Waals surface area contributed by atoms with E-state index in [0.29, 0.717) is 17.0 Å². The molecule has 0 bridgehead atoms. The zero-order valence-electron chi connectivity index (χ0n) is 15.8. The van der Waals surface area contributed by atoms with Gasteiger partial charge in [0.15, 0.2) is 0 Å². The van der Waals surface area contributed by atoms with Crippen LogP contribution in [0.3, 0.4) is 0 Å². The van der Waals surface area contributed by atoms with E-state index in [1.807, 2.05) is 30.3 Å². The number of carboxylic acid groups (broad SMARTS) is 1. The van der Waals surface area contributed by atoms with Crippen LogP contribution in [-0.4, -0.2) is 17.1 Å². The molecule has 0 saturated heterocycles. The van der Waals surface area contributed by atoms with Gasteiger partial charge in [-0.3, -0.25) is 4.79 Å². The molecular weight excluding hydrogens is 560 g/mol. The Balaban J connectivity index is 0.000000327. The minimum absolute atomic E-state index is 0.142. The fourth-order valence-corrected chi connectivity index (χ4v) is 3.00. The molecule has 3 nitrogen and oxygen atoms in total. The summed E-state index contributed by atoms with van der Waals surface area (Å²) in [6, 6.07) is 13.9. The van der Waals surface area contributed by atoms with Gasteiger partial charge in [0.2, 0.25) is 0 Å². The topological polar surface area (TPSA) is 61.1 Å². The second-order valence-corrected chi connectivity index (χ2v) is 6.82. The van der Waals surface area contributed by atoms with E-state index in [2.05, 4.69) is 16.3 Å². The van der Waals surface area contributed by atoms with Gasteiger partial charge in [-0.25, -0.2) is 4.39 Å². The summed E-state index contributed by atoms with van der Waals surface area (Å²) in [6.07, 6.45) is 4.80. The second-order valence-electron chi connectivity index (χ2n) is 6.82. The Bertz CT molecular complexity index is 720. The molecule has 0 amide bonds. The summed E-state index contributed by atoms with van der Waals surface area (Å²) < 4.78 is 14.0. The molecule has 0 radical (unpaired) electrons. The summed E-state index contributed by atoms with van der Waals surface area (Å²) in [4.78, 5) is 10.8. The SMILES string of the molecule is CC(C(=O)O)c1ccc(-c2ccccc2)c(F)c1.[CH2-]C1CCCCC1[NH-].[Cl][Pt]. The maximum absolute atomic E-state index is 14.0. The van der Waals surface area contributed by atoms with E-state index >= 15 is 0 Å². The number of benzene rings is 2. The molecule has 0 aromatic heterocycles. The van der Waals surface area contributed by atoms with E-state index in [4.69, 9.17) is 10.8 Å². The number of halogens is 2. The summed E-state index contributed by atoms with van der Waals surface area (Å²) in [5.41, 5.74) is 9.15. The molecule has 1 fully saturated rings. The van der Waals surface area contributed by atoms with Crippen LogP contribution in [0, 0.1) is 18.7 Å². The number of carboxylic acids is 1. The molecule has 0 heterocycles. The van der Waals surface area contributed by atoms with Gasteiger partial charge < -0.3 is 17.8 Å². The molecule has 1 aliphatic carbocycles. The third-order valence-corrected chi connectivity index (χ3v) is 4.86. The molecule has 3 rings (SSSR count). The van der Waals surface area contributed by atoms with Gasteiger partial charge in [-0.1, -0.05) is 68.1 Å². The molecule has 1 saturated carbocycles. The molecule has 3 atom stereocenters. The predicted molar refractivity (Wildman–Crippen MR) is 109 cm³/mol. The Morgan fingerprint density at radius 2 is 1.82 bits per heavy atom. The summed E-state index contributed by atoms with van der Waals surface area (Å²) >= 11 is 1.61. The normalized spacial score (nSPS) is 19.4. The van der Waals surface area contributed by atoms with Gasteiger partial charge in [-0.15, -0.1) is 0 Å². The first kappa shape index (κ1) is 24.8. The van der Waals surface area contributed by atoms with Crippen molar-refractivity contribution in [2.45, 2.75) is 44.6 Å². The monoisotopic (exact) mass is 585 g/mol. The number of rotatable bonds is 3. The van der Waals surface area contributed by atoms with E-state index in [1.165, 1.54) is 25.3 Å². The first-order chi connectivity index (χ1) is 13.4. The Morgan fingerprint density at radius 1 is 1.21 bits per heavy atom. The fourth-order valence-electron chi connectivity index (χ4n) is 3.00.